The van der Waals surface area contributed by atoms with Crippen molar-refractivity contribution in [2.75, 3.05) is 13.7 Å². The average Bonchev–Trinajstić information content (AvgIpc) is 2.31. The van der Waals surface area contributed by atoms with Crippen LogP contribution in [0.3, 0.4) is 0 Å². The molecule has 0 radical (unpaired) electrons. The quantitative estimate of drug-likeness (QED) is 0.621. The van der Waals surface area contributed by atoms with E-state index in [0.717, 1.165) is 9.13 Å². The fourth-order valence-electron chi connectivity index (χ4n) is 1.39. The van der Waals surface area contributed by atoms with Crippen molar-refractivity contribution in [1.29, 1.82) is 5.26 Å². The molecule has 17 heavy (non-hydrogen) atoms. The van der Waals surface area contributed by atoms with E-state index in [1.807, 2.05) is 6.07 Å². The second kappa shape index (κ2) is 6.45. The van der Waals surface area contributed by atoms with Gasteiger partial charge in [0.25, 0.3) is 0 Å². The molecule has 0 saturated heterocycles. The normalized spacial score (nSPS) is 9.53. The Bertz CT molecular complexity index is 466. The molecule has 0 amide bonds. The first-order valence-corrected chi connectivity index (χ1v) is 6.13. The van der Waals surface area contributed by atoms with Gasteiger partial charge in [-0.1, -0.05) is 6.07 Å². The zero-order chi connectivity index (χ0) is 12.8. The number of methoxy groups -OCH3 is 1. The number of carbonyl (C=O) groups is 1. The van der Waals surface area contributed by atoms with Gasteiger partial charge in [-0.15, -0.1) is 0 Å². The van der Waals surface area contributed by atoms with Gasteiger partial charge in [0.05, 0.1) is 29.3 Å². The number of hydrogen-bond acceptors (Lipinski definition) is 4. The molecular formula is C12H12INO3. The number of hydrogen-bond donors (Lipinski definition) is 0. The Morgan fingerprint density at radius 2 is 2.24 bits per heavy atom. The van der Waals surface area contributed by atoms with Crippen LogP contribution in [0.1, 0.15) is 18.1 Å². The van der Waals surface area contributed by atoms with Gasteiger partial charge in [-0.05, 0) is 41.1 Å². The van der Waals surface area contributed by atoms with Crippen LogP contribution in [0, 0.1) is 14.9 Å². The van der Waals surface area contributed by atoms with E-state index in [0.29, 0.717) is 17.9 Å². The highest BCUT2D eigenvalue weighted by molar-refractivity contribution is 14.1. The Kier molecular flexibility index (Phi) is 5.22. The summed E-state index contributed by atoms with van der Waals surface area (Å²) in [5, 5.41) is 8.91. The number of ether oxygens (including phenoxy) is 2. The first-order chi connectivity index (χ1) is 8.13. The molecule has 4 nitrogen and oxygen atoms in total. The molecule has 0 aliphatic rings. The first kappa shape index (κ1) is 13.8. The van der Waals surface area contributed by atoms with Crippen LogP contribution in [0.2, 0.25) is 0 Å². The highest BCUT2D eigenvalue weighted by Crippen LogP contribution is 2.28. The van der Waals surface area contributed by atoms with Crippen LogP contribution in [-0.4, -0.2) is 19.7 Å². The molecule has 0 aromatic heterocycles. The Hall–Kier alpha value is -1.29. The molecule has 90 valence electrons. The minimum Gasteiger partial charge on any atom is -0.494 e. The number of nitrogens with zero attached hydrogens (tertiary/aromatic N) is 1. The van der Waals surface area contributed by atoms with E-state index in [4.69, 9.17) is 14.7 Å². The predicted molar refractivity (Wildman–Crippen MR) is 70.8 cm³/mol. The smallest absolute Gasteiger partial charge is 0.310 e. The van der Waals surface area contributed by atoms with Gasteiger partial charge in [-0.25, -0.2) is 0 Å². The topological polar surface area (TPSA) is 59.3 Å². The molecule has 0 aliphatic heterocycles. The van der Waals surface area contributed by atoms with Crippen LogP contribution in [0.15, 0.2) is 12.1 Å². The summed E-state index contributed by atoms with van der Waals surface area (Å²) in [5.74, 6) is 0.229. The molecule has 0 atom stereocenters. The van der Waals surface area contributed by atoms with E-state index in [9.17, 15) is 4.79 Å². The average molecular weight is 345 g/mol. The van der Waals surface area contributed by atoms with E-state index in [2.05, 4.69) is 22.6 Å². The minimum atomic E-state index is -0.280. The van der Waals surface area contributed by atoms with Gasteiger partial charge in [0, 0.05) is 0 Å². The van der Waals surface area contributed by atoms with Gasteiger partial charge >= 0.3 is 5.97 Å². The summed E-state index contributed by atoms with van der Waals surface area (Å²) >= 11 is 2.07. The van der Waals surface area contributed by atoms with Crippen molar-refractivity contribution in [2.45, 2.75) is 13.3 Å². The highest BCUT2D eigenvalue weighted by atomic mass is 127. The van der Waals surface area contributed by atoms with Crippen molar-refractivity contribution in [3.63, 3.8) is 0 Å². The Morgan fingerprint density at radius 3 is 2.76 bits per heavy atom. The summed E-state index contributed by atoms with van der Waals surface area (Å²) in [6, 6.07) is 5.45. The molecule has 1 aromatic rings. The van der Waals surface area contributed by atoms with Crippen LogP contribution in [0.5, 0.6) is 5.75 Å². The molecule has 0 N–H and O–H groups in total. The molecule has 1 aromatic carbocycles. The zero-order valence-electron chi connectivity index (χ0n) is 9.62. The maximum Gasteiger partial charge on any atom is 0.310 e. The van der Waals surface area contributed by atoms with Crippen LogP contribution >= 0.6 is 22.6 Å². The molecule has 0 unspecified atom stereocenters. The third-order valence-electron chi connectivity index (χ3n) is 2.14. The Balaban J connectivity index is 3.03. The maximum atomic E-state index is 11.4. The molecule has 0 spiro atoms. The Morgan fingerprint density at radius 1 is 1.53 bits per heavy atom. The van der Waals surface area contributed by atoms with Crippen molar-refractivity contribution in [2.24, 2.45) is 0 Å². The fraction of sp³-hybridized carbons (Fsp3) is 0.333. The lowest BCUT2D eigenvalue weighted by Crippen LogP contribution is -2.09. The summed E-state index contributed by atoms with van der Waals surface area (Å²) in [4.78, 5) is 11.4. The minimum absolute atomic E-state index is 0.189. The summed E-state index contributed by atoms with van der Waals surface area (Å²) in [7, 11) is 1.51. The maximum absolute atomic E-state index is 11.4. The highest BCUT2D eigenvalue weighted by Gasteiger charge is 2.14. The van der Waals surface area contributed by atoms with E-state index in [1.54, 1.807) is 19.1 Å². The number of esters is 1. The predicted octanol–water partition coefficient (Wildman–Crippen LogP) is 2.28. The lowest BCUT2D eigenvalue weighted by atomic mass is 10.1. The van der Waals surface area contributed by atoms with Crippen LogP contribution in [0.4, 0.5) is 0 Å². The van der Waals surface area contributed by atoms with Crippen LogP contribution < -0.4 is 4.74 Å². The second-order valence-electron chi connectivity index (χ2n) is 3.21. The molecule has 5 heteroatoms. The number of benzene rings is 1. The van der Waals surface area contributed by atoms with E-state index in [1.165, 1.54) is 7.11 Å². The lowest BCUT2D eigenvalue weighted by Gasteiger charge is -2.10. The van der Waals surface area contributed by atoms with Crippen molar-refractivity contribution in [3.8, 4) is 11.8 Å². The van der Waals surface area contributed by atoms with E-state index >= 15 is 0 Å². The van der Waals surface area contributed by atoms with Crippen molar-refractivity contribution in [1.82, 2.24) is 0 Å². The fourth-order valence-corrected chi connectivity index (χ4v) is 2.27. The van der Waals surface area contributed by atoms with Crippen molar-refractivity contribution < 1.29 is 14.3 Å². The van der Waals surface area contributed by atoms with Gasteiger partial charge in [-0.3, -0.25) is 4.79 Å². The van der Waals surface area contributed by atoms with Crippen LogP contribution in [-0.2, 0) is 16.0 Å². The van der Waals surface area contributed by atoms with Gasteiger partial charge in [0.1, 0.15) is 11.8 Å². The van der Waals surface area contributed by atoms with Gasteiger partial charge in [-0.2, -0.15) is 5.26 Å². The number of rotatable bonds is 4. The van der Waals surface area contributed by atoms with Gasteiger partial charge in [0.15, 0.2) is 0 Å². The largest absolute Gasteiger partial charge is 0.494 e. The van der Waals surface area contributed by atoms with E-state index < -0.39 is 0 Å². The molecule has 0 saturated carbocycles. The summed E-state index contributed by atoms with van der Waals surface area (Å²) in [6.07, 6.45) is 0.189. The lowest BCUT2D eigenvalue weighted by molar-refractivity contribution is -0.142. The first-order valence-electron chi connectivity index (χ1n) is 5.05. The van der Waals surface area contributed by atoms with E-state index in [-0.39, 0.29) is 12.4 Å². The van der Waals surface area contributed by atoms with Crippen LogP contribution in [0.25, 0.3) is 0 Å². The number of nitriles is 1. The molecule has 0 aliphatic carbocycles. The summed E-state index contributed by atoms with van der Waals surface area (Å²) in [6.45, 7) is 2.13. The van der Waals surface area contributed by atoms with Crippen molar-refractivity contribution >= 4 is 28.6 Å². The molecule has 1 rings (SSSR count). The Labute approximate surface area is 114 Å². The third-order valence-corrected chi connectivity index (χ3v) is 3.32. The van der Waals surface area contributed by atoms with Gasteiger partial charge < -0.3 is 9.47 Å². The zero-order valence-corrected chi connectivity index (χ0v) is 11.8. The SMILES string of the molecule is CCOC(=O)Cc1ccc(C#N)c(OC)c1I. The monoisotopic (exact) mass is 345 g/mol. The summed E-state index contributed by atoms with van der Waals surface area (Å²) in [5.41, 5.74) is 1.27. The standard InChI is InChI=1S/C12H12INO3/c1-3-17-10(15)6-8-4-5-9(7-14)12(16-2)11(8)13/h4-5H,3,6H2,1-2H3. The third kappa shape index (κ3) is 3.33. The number of halogens is 1. The van der Waals surface area contributed by atoms with Gasteiger partial charge in [0.2, 0.25) is 0 Å². The number of carbonyl (C=O) groups excluding carboxylic acids is 1. The molecular weight excluding hydrogens is 333 g/mol. The second-order valence-corrected chi connectivity index (χ2v) is 4.29. The summed E-state index contributed by atoms with van der Waals surface area (Å²) < 4.78 is 10.8. The molecule has 0 bridgehead atoms. The molecule has 0 fully saturated rings. The molecule has 0 heterocycles. The van der Waals surface area contributed by atoms with Crippen molar-refractivity contribution in [3.05, 3.63) is 26.8 Å².